The average Bonchev–Trinajstić information content (AvgIpc) is 2.69. The molecule has 0 aliphatic carbocycles. The first kappa shape index (κ1) is 19.4. The van der Waals surface area contributed by atoms with Gasteiger partial charge < -0.3 is 10.6 Å². The molecule has 1 fully saturated rings. The summed E-state index contributed by atoms with van der Waals surface area (Å²) in [7, 11) is -3.78. The Morgan fingerprint density at radius 2 is 1.93 bits per heavy atom. The summed E-state index contributed by atoms with van der Waals surface area (Å²) < 4.78 is 28.0. The number of hydrogen-bond acceptors (Lipinski definition) is 4. The maximum Gasteiger partial charge on any atom is 0.261 e. The first-order valence-electron chi connectivity index (χ1n) is 9.11. The molecule has 1 aliphatic heterocycles. The fourth-order valence-electron chi connectivity index (χ4n) is 3.31. The van der Waals surface area contributed by atoms with E-state index in [4.69, 9.17) is 5.73 Å². The highest BCUT2D eigenvalue weighted by atomic mass is 32.2. The van der Waals surface area contributed by atoms with Gasteiger partial charge in [-0.1, -0.05) is 23.8 Å². The monoisotopic (exact) mass is 387 g/mol. The number of amides is 1. The molecule has 0 bridgehead atoms. The fraction of sp³-hybridized carbons (Fsp3) is 0.350. The van der Waals surface area contributed by atoms with E-state index in [0.29, 0.717) is 24.3 Å². The molecule has 1 atom stereocenters. The van der Waals surface area contributed by atoms with Crippen LogP contribution in [0.4, 0.5) is 5.69 Å². The number of carbonyl (C=O) groups excluding carboxylic acids is 1. The lowest BCUT2D eigenvalue weighted by Crippen LogP contribution is -2.47. The van der Waals surface area contributed by atoms with Crippen LogP contribution in [0.2, 0.25) is 0 Å². The molecule has 3 rings (SSSR count). The van der Waals surface area contributed by atoms with Crippen molar-refractivity contribution in [3.63, 3.8) is 0 Å². The van der Waals surface area contributed by atoms with Gasteiger partial charge in [0.1, 0.15) is 0 Å². The summed E-state index contributed by atoms with van der Waals surface area (Å²) in [5.74, 6) is -0.169. The molecular formula is C20H25N3O3S. The molecule has 3 N–H and O–H groups in total. The number of hydrogen-bond donors (Lipinski definition) is 2. The van der Waals surface area contributed by atoms with E-state index in [2.05, 4.69) is 4.72 Å². The maximum absolute atomic E-state index is 12.9. The minimum Gasteiger partial charge on any atom is -0.334 e. The van der Waals surface area contributed by atoms with Gasteiger partial charge in [0.25, 0.3) is 15.9 Å². The summed E-state index contributed by atoms with van der Waals surface area (Å²) >= 11 is 0. The Balaban J connectivity index is 1.83. The highest BCUT2D eigenvalue weighted by molar-refractivity contribution is 7.92. The van der Waals surface area contributed by atoms with E-state index < -0.39 is 10.0 Å². The number of nitrogens with two attached hydrogens (primary N) is 1. The Kier molecular flexibility index (Phi) is 5.82. The SMILES string of the molecule is Cc1ccc(NS(=O)(=O)c2cccc(C(=O)N3CCCCC3CN)c2)cc1. The minimum atomic E-state index is -3.78. The van der Waals surface area contributed by atoms with Gasteiger partial charge in [-0.2, -0.15) is 0 Å². The van der Waals surface area contributed by atoms with Gasteiger partial charge in [-0.15, -0.1) is 0 Å². The van der Waals surface area contributed by atoms with Crippen LogP contribution >= 0.6 is 0 Å². The Morgan fingerprint density at radius 3 is 2.63 bits per heavy atom. The van der Waals surface area contributed by atoms with Crippen LogP contribution in [0.15, 0.2) is 53.4 Å². The van der Waals surface area contributed by atoms with Crippen LogP contribution in [0.5, 0.6) is 0 Å². The van der Waals surface area contributed by atoms with Gasteiger partial charge >= 0.3 is 0 Å². The molecule has 0 aromatic heterocycles. The zero-order chi connectivity index (χ0) is 19.4. The van der Waals surface area contributed by atoms with Crippen molar-refractivity contribution in [2.45, 2.75) is 37.1 Å². The highest BCUT2D eigenvalue weighted by Gasteiger charge is 2.27. The maximum atomic E-state index is 12.9. The normalized spacial score (nSPS) is 17.6. The summed E-state index contributed by atoms with van der Waals surface area (Å²) in [5.41, 5.74) is 7.69. The topological polar surface area (TPSA) is 92.5 Å². The molecule has 0 spiro atoms. The van der Waals surface area contributed by atoms with Crippen LogP contribution in [0, 0.1) is 6.92 Å². The van der Waals surface area contributed by atoms with Gasteiger partial charge in [0.15, 0.2) is 0 Å². The molecule has 2 aromatic rings. The number of likely N-dealkylation sites (tertiary alicyclic amines) is 1. The minimum absolute atomic E-state index is 0.0113. The van der Waals surface area contributed by atoms with Crippen molar-refractivity contribution in [1.29, 1.82) is 0 Å². The van der Waals surface area contributed by atoms with Gasteiger partial charge in [0, 0.05) is 30.4 Å². The number of nitrogens with one attached hydrogen (secondary N) is 1. The predicted octanol–water partition coefficient (Wildman–Crippen LogP) is 2.75. The van der Waals surface area contributed by atoms with E-state index in [1.165, 1.54) is 12.1 Å². The lowest BCUT2D eigenvalue weighted by atomic mass is 10.0. The lowest BCUT2D eigenvalue weighted by Gasteiger charge is -2.35. The van der Waals surface area contributed by atoms with Gasteiger partial charge in [-0.3, -0.25) is 9.52 Å². The third-order valence-corrected chi connectivity index (χ3v) is 6.23. The molecule has 1 saturated heterocycles. The zero-order valence-electron chi connectivity index (χ0n) is 15.4. The molecule has 2 aromatic carbocycles. The highest BCUT2D eigenvalue weighted by Crippen LogP contribution is 2.22. The third-order valence-electron chi connectivity index (χ3n) is 4.86. The summed E-state index contributed by atoms with van der Waals surface area (Å²) in [4.78, 5) is 14.7. The molecule has 1 amide bonds. The molecule has 27 heavy (non-hydrogen) atoms. The van der Waals surface area contributed by atoms with Crippen LogP contribution in [0.3, 0.4) is 0 Å². The zero-order valence-corrected chi connectivity index (χ0v) is 16.2. The molecule has 0 radical (unpaired) electrons. The quantitative estimate of drug-likeness (QED) is 0.825. The van der Waals surface area contributed by atoms with Crippen molar-refractivity contribution >= 4 is 21.6 Å². The molecule has 1 unspecified atom stereocenters. The molecule has 1 aliphatic rings. The van der Waals surface area contributed by atoms with Gasteiger partial charge in [-0.25, -0.2) is 8.42 Å². The average molecular weight is 388 g/mol. The van der Waals surface area contributed by atoms with Gasteiger partial charge in [0.2, 0.25) is 0 Å². The Hall–Kier alpha value is -2.38. The van der Waals surface area contributed by atoms with Gasteiger partial charge in [-0.05, 0) is 56.5 Å². The van der Waals surface area contributed by atoms with Crippen LogP contribution < -0.4 is 10.5 Å². The van der Waals surface area contributed by atoms with E-state index in [1.54, 1.807) is 29.2 Å². The smallest absolute Gasteiger partial charge is 0.261 e. The van der Waals surface area contributed by atoms with Crippen molar-refractivity contribution in [3.05, 3.63) is 59.7 Å². The number of benzene rings is 2. The summed E-state index contributed by atoms with van der Waals surface area (Å²) in [5, 5.41) is 0. The number of sulfonamides is 1. The second-order valence-corrected chi connectivity index (χ2v) is 8.57. The van der Waals surface area contributed by atoms with E-state index in [9.17, 15) is 13.2 Å². The predicted molar refractivity (Wildman–Crippen MR) is 106 cm³/mol. The number of carbonyl (C=O) groups is 1. The first-order valence-corrected chi connectivity index (χ1v) is 10.6. The second kappa shape index (κ2) is 8.10. The van der Waals surface area contributed by atoms with Crippen LogP contribution in [0.1, 0.15) is 35.2 Å². The molecule has 0 saturated carbocycles. The Bertz CT molecular complexity index is 910. The first-order chi connectivity index (χ1) is 12.9. The molecule has 6 nitrogen and oxygen atoms in total. The number of anilines is 1. The van der Waals surface area contributed by atoms with Crippen LogP contribution in [0.25, 0.3) is 0 Å². The van der Waals surface area contributed by atoms with Gasteiger partial charge in [0.05, 0.1) is 4.90 Å². The molecule has 1 heterocycles. The number of nitrogens with zero attached hydrogens (tertiary/aromatic N) is 1. The molecule has 144 valence electrons. The third kappa shape index (κ3) is 4.48. The second-order valence-electron chi connectivity index (χ2n) is 6.88. The summed E-state index contributed by atoms with van der Waals surface area (Å²) in [6.45, 7) is 3.00. The molecule has 7 heteroatoms. The van der Waals surface area contributed by atoms with Crippen molar-refractivity contribution < 1.29 is 13.2 Å². The largest absolute Gasteiger partial charge is 0.334 e. The van der Waals surface area contributed by atoms with Crippen molar-refractivity contribution in [1.82, 2.24) is 4.90 Å². The fourth-order valence-corrected chi connectivity index (χ4v) is 4.41. The van der Waals surface area contributed by atoms with E-state index in [1.807, 2.05) is 19.1 Å². The number of aryl methyl sites for hydroxylation is 1. The van der Waals surface area contributed by atoms with Crippen molar-refractivity contribution in [3.8, 4) is 0 Å². The number of piperidine rings is 1. The Morgan fingerprint density at radius 1 is 1.19 bits per heavy atom. The lowest BCUT2D eigenvalue weighted by molar-refractivity contribution is 0.0623. The summed E-state index contributed by atoms with van der Waals surface area (Å²) in [6.07, 6.45) is 2.88. The van der Waals surface area contributed by atoms with E-state index in [-0.39, 0.29) is 16.8 Å². The molecular weight excluding hydrogens is 362 g/mol. The Labute approximate surface area is 160 Å². The van der Waals surface area contributed by atoms with Crippen LogP contribution in [-0.2, 0) is 10.0 Å². The van der Waals surface area contributed by atoms with E-state index >= 15 is 0 Å². The van der Waals surface area contributed by atoms with Crippen molar-refractivity contribution in [2.75, 3.05) is 17.8 Å². The van der Waals surface area contributed by atoms with Crippen molar-refractivity contribution in [2.24, 2.45) is 5.73 Å². The van der Waals surface area contributed by atoms with Crippen LogP contribution in [-0.4, -0.2) is 38.4 Å². The standard InChI is InChI=1S/C20H25N3O3S/c1-15-8-10-17(11-9-15)22-27(25,26)19-7-4-5-16(13-19)20(24)23-12-3-2-6-18(23)14-21/h4-5,7-11,13,18,22H,2-3,6,12,14,21H2,1H3. The number of rotatable bonds is 5. The van der Waals surface area contributed by atoms with E-state index in [0.717, 1.165) is 24.8 Å². The summed E-state index contributed by atoms with van der Waals surface area (Å²) in [6, 6.07) is 13.3.